The van der Waals surface area contributed by atoms with Gasteiger partial charge in [0.05, 0.1) is 6.54 Å². The second-order valence-corrected chi connectivity index (χ2v) is 3.76. The summed E-state index contributed by atoms with van der Waals surface area (Å²) in [6.45, 7) is 4.78. The maximum absolute atomic E-state index is 5.25. The van der Waals surface area contributed by atoms with Crippen LogP contribution in [0.3, 0.4) is 0 Å². The average Bonchev–Trinajstić information content (AvgIpc) is 2.49. The van der Waals surface area contributed by atoms with Crippen molar-refractivity contribution in [1.82, 2.24) is 15.5 Å². The Morgan fingerprint density at radius 2 is 2.31 bits per heavy atom. The summed E-state index contributed by atoms with van der Waals surface area (Å²) in [5.41, 5.74) is 0. The molecule has 1 aliphatic rings. The molecule has 2 unspecified atom stereocenters. The summed E-state index contributed by atoms with van der Waals surface area (Å²) in [5.74, 6) is 2.12. The second-order valence-electron chi connectivity index (χ2n) is 3.76. The molecule has 0 amide bonds. The third-order valence-electron chi connectivity index (χ3n) is 2.70. The zero-order chi connectivity index (χ0) is 9.26. The van der Waals surface area contributed by atoms with Crippen LogP contribution in [0.2, 0.25) is 0 Å². The van der Waals surface area contributed by atoms with E-state index in [0.29, 0.717) is 24.4 Å². The fraction of sp³-hybridized carbons (Fsp3) is 0.778. The molecule has 1 N–H and O–H groups in total. The molecule has 0 saturated heterocycles. The number of aromatic nitrogens is 2. The van der Waals surface area contributed by atoms with Gasteiger partial charge in [0.1, 0.15) is 0 Å². The predicted octanol–water partition coefficient (Wildman–Crippen LogP) is 1.27. The lowest BCUT2D eigenvalue weighted by molar-refractivity contribution is 0.222. The molecule has 0 spiro atoms. The minimum Gasteiger partial charge on any atom is -0.424 e. The molecule has 1 aromatic heterocycles. The summed E-state index contributed by atoms with van der Waals surface area (Å²) in [5, 5.41) is 11.1. The number of aryl methyl sites for hydroxylation is 1. The molecule has 0 aromatic carbocycles. The molecule has 1 fully saturated rings. The predicted molar refractivity (Wildman–Crippen MR) is 48.1 cm³/mol. The molecule has 72 valence electrons. The lowest BCUT2D eigenvalue weighted by atomic mass is 9.81. The zero-order valence-electron chi connectivity index (χ0n) is 8.08. The molecule has 2 atom stereocenters. The highest BCUT2D eigenvalue weighted by Gasteiger charge is 2.26. The van der Waals surface area contributed by atoms with Gasteiger partial charge in [0, 0.05) is 13.0 Å². The van der Waals surface area contributed by atoms with Gasteiger partial charge in [-0.3, -0.25) is 0 Å². The standard InChI is InChI=1S/C9H15N3O/c1-6-3-4-8(6)10-5-9-12-11-7(2)13-9/h6,8,10H,3-5H2,1-2H3. The van der Waals surface area contributed by atoms with Gasteiger partial charge >= 0.3 is 0 Å². The molecular formula is C9H15N3O. The first-order valence-electron chi connectivity index (χ1n) is 4.78. The van der Waals surface area contributed by atoms with E-state index in [4.69, 9.17) is 4.42 Å². The molecular weight excluding hydrogens is 166 g/mol. The minimum atomic E-state index is 0.637. The Balaban J connectivity index is 1.79. The molecule has 1 aliphatic carbocycles. The van der Waals surface area contributed by atoms with Gasteiger partial charge in [0.25, 0.3) is 0 Å². The first-order chi connectivity index (χ1) is 6.25. The average molecular weight is 181 g/mol. The van der Waals surface area contributed by atoms with Crippen LogP contribution in [0.4, 0.5) is 0 Å². The van der Waals surface area contributed by atoms with Gasteiger partial charge in [-0.15, -0.1) is 10.2 Å². The van der Waals surface area contributed by atoms with Gasteiger partial charge in [-0.2, -0.15) is 0 Å². The number of nitrogens with one attached hydrogen (secondary N) is 1. The van der Waals surface area contributed by atoms with Crippen LogP contribution in [0.25, 0.3) is 0 Å². The van der Waals surface area contributed by atoms with E-state index >= 15 is 0 Å². The molecule has 2 rings (SSSR count). The van der Waals surface area contributed by atoms with Crippen molar-refractivity contribution in [1.29, 1.82) is 0 Å². The molecule has 4 heteroatoms. The van der Waals surface area contributed by atoms with Gasteiger partial charge in [0.2, 0.25) is 11.8 Å². The largest absolute Gasteiger partial charge is 0.424 e. The van der Waals surface area contributed by atoms with E-state index < -0.39 is 0 Å². The van der Waals surface area contributed by atoms with Crippen molar-refractivity contribution in [2.75, 3.05) is 0 Å². The SMILES string of the molecule is Cc1nnc(CNC2CCC2C)o1. The van der Waals surface area contributed by atoms with Crippen molar-refractivity contribution in [3.05, 3.63) is 11.8 Å². The highest BCUT2D eigenvalue weighted by molar-refractivity contribution is 4.86. The summed E-state index contributed by atoms with van der Waals surface area (Å²) in [6, 6.07) is 0.646. The second kappa shape index (κ2) is 3.46. The summed E-state index contributed by atoms with van der Waals surface area (Å²) in [6.07, 6.45) is 2.61. The van der Waals surface area contributed by atoms with Gasteiger partial charge in [0.15, 0.2) is 0 Å². The van der Waals surface area contributed by atoms with Crippen LogP contribution in [0.15, 0.2) is 4.42 Å². The Labute approximate surface area is 77.7 Å². The number of rotatable bonds is 3. The Morgan fingerprint density at radius 1 is 1.46 bits per heavy atom. The van der Waals surface area contributed by atoms with E-state index in [2.05, 4.69) is 22.4 Å². The molecule has 4 nitrogen and oxygen atoms in total. The van der Waals surface area contributed by atoms with Crippen LogP contribution in [0, 0.1) is 12.8 Å². The van der Waals surface area contributed by atoms with Crippen molar-refractivity contribution in [2.24, 2.45) is 5.92 Å². The van der Waals surface area contributed by atoms with Crippen LogP contribution in [0.5, 0.6) is 0 Å². The van der Waals surface area contributed by atoms with Crippen molar-refractivity contribution in [2.45, 2.75) is 39.3 Å². The van der Waals surface area contributed by atoms with Crippen molar-refractivity contribution in [3.8, 4) is 0 Å². The third kappa shape index (κ3) is 1.88. The normalized spacial score (nSPS) is 27.2. The van der Waals surface area contributed by atoms with Gasteiger partial charge in [-0.1, -0.05) is 6.92 Å². The Morgan fingerprint density at radius 3 is 2.77 bits per heavy atom. The topological polar surface area (TPSA) is 51.0 Å². The third-order valence-corrected chi connectivity index (χ3v) is 2.70. The van der Waals surface area contributed by atoms with Crippen LogP contribution < -0.4 is 5.32 Å². The van der Waals surface area contributed by atoms with Gasteiger partial charge in [-0.05, 0) is 18.8 Å². The van der Waals surface area contributed by atoms with Crippen molar-refractivity contribution >= 4 is 0 Å². The Kier molecular flexibility index (Phi) is 2.31. The van der Waals surface area contributed by atoms with E-state index in [1.54, 1.807) is 0 Å². The Hall–Kier alpha value is -0.900. The van der Waals surface area contributed by atoms with E-state index in [1.165, 1.54) is 12.8 Å². The first kappa shape index (κ1) is 8.69. The maximum Gasteiger partial charge on any atom is 0.230 e. The van der Waals surface area contributed by atoms with Crippen LogP contribution in [0.1, 0.15) is 31.5 Å². The molecule has 1 aromatic rings. The monoisotopic (exact) mass is 181 g/mol. The van der Waals surface area contributed by atoms with Gasteiger partial charge in [-0.25, -0.2) is 0 Å². The summed E-state index contributed by atoms with van der Waals surface area (Å²) < 4.78 is 5.25. The molecule has 0 bridgehead atoms. The molecule has 13 heavy (non-hydrogen) atoms. The number of hydrogen-bond donors (Lipinski definition) is 1. The van der Waals surface area contributed by atoms with Crippen LogP contribution in [-0.2, 0) is 6.54 Å². The highest BCUT2D eigenvalue weighted by atomic mass is 16.4. The van der Waals surface area contributed by atoms with Crippen LogP contribution in [-0.4, -0.2) is 16.2 Å². The van der Waals surface area contributed by atoms with Crippen molar-refractivity contribution in [3.63, 3.8) is 0 Å². The van der Waals surface area contributed by atoms with E-state index in [9.17, 15) is 0 Å². The molecule has 0 aliphatic heterocycles. The molecule has 0 radical (unpaired) electrons. The lowest BCUT2D eigenvalue weighted by Gasteiger charge is -2.34. The fourth-order valence-corrected chi connectivity index (χ4v) is 1.60. The van der Waals surface area contributed by atoms with Crippen molar-refractivity contribution < 1.29 is 4.42 Å². The smallest absolute Gasteiger partial charge is 0.230 e. The highest BCUT2D eigenvalue weighted by Crippen LogP contribution is 2.26. The lowest BCUT2D eigenvalue weighted by Crippen LogP contribution is -2.41. The summed E-state index contributed by atoms with van der Waals surface area (Å²) >= 11 is 0. The molecule has 1 heterocycles. The fourth-order valence-electron chi connectivity index (χ4n) is 1.60. The Bertz CT molecular complexity index is 284. The maximum atomic E-state index is 5.25. The van der Waals surface area contributed by atoms with E-state index in [0.717, 1.165) is 5.92 Å². The van der Waals surface area contributed by atoms with Gasteiger partial charge < -0.3 is 9.73 Å². The summed E-state index contributed by atoms with van der Waals surface area (Å²) in [7, 11) is 0. The first-order valence-corrected chi connectivity index (χ1v) is 4.78. The molecule has 1 saturated carbocycles. The minimum absolute atomic E-state index is 0.637. The number of hydrogen-bond acceptors (Lipinski definition) is 4. The zero-order valence-corrected chi connectivity index (χ0v) is 8.08. The van der Waals surface area contributed by atoms with E-state index in [1.807, 2.05) is 6.92 Å². The summed E-state index contributed by atoms with van der Waals surface area (Å²) in [4.78, 5) is 0. The van der Waals surface area contributed by atoms with Crippen LogP contribution >= 0.6 is 0 Å². The quantitative estimate of drug-likeness (QED) is 0.762. The number of nitrogens with zero attached hydrogens (tertiary/aromatic N) is 2. The van der Waals surface area contributed by atoms with E-state index in [-0.39, 0.29) is 0 Å².